The molecule has 1 aliphatic rings. The maximum atomic E-state index is 5.44. The van der Waals surface area contributed by atoms with Crippen LogP contribution >= 0.6 is 11.8 Å². The van der Waals surface area contributed by atoms with E-state index in [0.29, 0.717) is 0 Å². The van der Waals surface area contributed by atoms with Gasteiger partial charge >= 0.3 is 0 Å². The molecule has 1 fully saturated rings. The Morgan fingerprint density at radius 1 is 1.27 bits per heavy atom. The Kier molecular flexibility index (Phi) is 4.80. The molecule has 1 aliphatic heterocycles. The van der Waals surface area contributed by atoms with Gasteiger partial charge < -0.3 is 9.64 Å². The van der Waals surface area contributed by atoms with Crippen molar-refractivity contribution < 1.29 is 4.74 Å². The van der Waals surface area contributed by atoms with Crippen LogP contribution in [0.15, 0.2) is 42.1 Å². The quantitative estimate of drug-likeness (QED) is 0.627. The molecule has 0 atom stereocenters. The van der Waals surface area contributed by atoms with Crippen LogP contribution in [0.2, 0.25) is 0 Å². The summed E-state index contributed by atoms with van der Waals surface area (Å²) < 4.78 is 7.59. The fraction of sp³-hybridized carbons (Fsp3) is 0.375. The van der Waals surface area contributed by atoms with Crippen LogP contribution < -0.4 is 4.90 Å². The summed E-state index contributed by atoms with van der Waals surface area (Å²) in [4.78, 5) is 2.24. The van der Waals surface area contributed by atoms with E-state index in [2.05, 4.69) is 45.3 Å². The van der Waals surface area contributed by atoms with Gasteiger partial charge in [-0.2, -0.15) is 0 Å². The second kappa shape index (κ2) is 6.98. The molecule has 22 heavy (non-hydrogen) atoms. The van der Waals surface area contributed by atoms with Crippen molar-refractivity contribution in [2.75, 3.05) is 37.0 Å². The summed E-state index contributed by atoms with van der Waals surface area (Å²) in [6.07, 6.45) is 1.88. The van der Waals surface area contributed by atoms with Crippen LogP contribution in [0.1, 0.15) is 5.56 Å². The molecule has 0 spiro atoms. The van der Waals surface area contributed by atoms with Crippen molar-refractivity contribution in [3.63, 3.8) is 0 Å². The fourth-order valence-electron chi connectivity index (χ4n) is 2.48. The third kappa shape index (κ3) is 3.03. The summed E-state index contributed by atoms with van der Waals surface area (Å²) >= 11 is 1.65. The highest BCUT2D eigenvalue weighted by Crippen LogP contribution is 2.28. The normalized spacial score (nSPS) is 15.0. The van der Waals surface area contributed by atoms with Gasteiger partial charge in [0.25, 0.3) is 0 Å². The topological polar surface area (TPSA) is 43.2 Å². The smallest absolute Gasteiger partial charge is 0.232 e. The maximum Gasteiger partial charge on any atom is 0.232 e. The molecule has 0 bridgehead atoms. The minimum Gasteiger partial charge on any atom is -0.378 e. The van der Waals surface area contributed by atoms with Gasteiger partial charge in [-0.15, -0.1) is 16.8 Å². The molecule has 1 aromatic heterocycles. The van der Waals surface area contributed by atoms with Crippen molar-refractivity contribution in [3.8, 4) is 5.69 Å². The van der Waals surface area contributed by atoms with Crippen molar-refractivity contribution in [3.05, 3.63) is 42.5 Å². The van der Waals surface area contributed by atoms with E-state index < -0.39 is 0 Å². The van der Waals surface area contributed by atoms with Crippen molar-refractivity contribution in [1.29, 1.82) is 0 Å². The van der Waals surface area contributed by atoms with E-state index in [1.807, 2.05) is 18.2 Å². The lowest BCUT2D eigenvalue weighted by atomic mass is 10.2. The molecule has 1 saturated heterocycles. The van der Waals surface area contributed by atoms with Crippen molar-refractivity contribution in [1.82, 2.24) is 14.8 Å². The zero-order valence-corrected chi connectivity index (χ0v) is 13.6. The number of morpholine rings is 1. The van der Waals surface area contributed by atoms with Gasteiger partial charge in [-0.05, 0) is 18.6 Å². The van der Waals surface area contributed by atoms with Crippen LogP contribution in [-0.4, -0.2) is 46.8 Å². The Balaban J connectivity index is 2.04. The Labute approximate surface area is 135 Å². The average Bonchev–Trinajstić information content (AvgIpc) is 2.98. The molecule has 2 aromatic rings. The fourth-order valence-corrected chi connectivity index (χ4v) is 3.16. The molecule has 0 aliphatic carbocycles. The highest BCUT2D eigenvalue weighted by Gasteiger charge is 2.22. The summed E-state index contributed by atoms with van der Waals surface area (Å²) in [5.41, 5.74) is 2.33. The van der Waals surface area contributed by atoms with Gasteiger partial charge in [0.15, 0.2) is 5.16 Å². The Morgan fingerprint density at radius 2 is 2.05 bits per heavy atom. The Bertz CT molecular complexity index is 649. The molecular weight excluding hydrogens is 296 g/mol. The van der Waals surface area contributed by atoms with E-state index in [-0.39, 0.29) is 0 Å². The minimum atomic E-state index is 0.732. The van der Waals surface area contributed by atoms with E-state index in [1.165, 1.54) is 5.56 Å². The standard InChI is InChI=1S/C16H20N4OS/c1-3-12-22-16-18-17-15(19-8-10-21-11-9-19)20(16)14-7-5-4-6-13(14)2/h3-7H,1,8-12H2,2H3. The average molecular weight is 316 g/mol. The number of ether oxygens (including phenoxy) is 1. The summed E-state index contributed by atoms with van der Waals surface area (Å²) in [6.45, 7) is 9.05. The van der Waals surface area contributed by atoms with Gasteiger partial charge in [-0.3, -0.25) is 4.57 Å². The van der Waals surface area contributed by atoms with E-state index >= 15 is 0 Å². The second-order valence-corrected chi connectivity index (χ2v) is 6.09. The molecule has 0 radical (unpaired) electrons. The van der Waals surface area contributed by atoms with E-state index in [4.69, 9.17) is 4.74 Å². The highest BCUT2D eigenvalue weighted by atomic mass is 32.2. The Morgan fingerprint density at radius 3 is 2.77 bits per heavy atom. The first-order valence-electron chi connectivity index (χ1n) is 7.39. The van der Waals surface area contributed by atoms with Crippen LogP contribution in [-0.2, 0) is 4.74 Å². The van der Waals surface area contributed by atoms with Crippen LogP contribution in [0.3, 0.4) is 0 Å². The predicted molar refractivity (Wildman–Crippen MR) is 90.0 cm³/mol. The first-order valence-corrected chi connectivity index (χ1v) is 8.37. The van der Waals surface area contributed by atoms with Gasteiger partial charge in [0.05, 0.1) is 18.9 Å². The lowest BCUT2D eigenvalue weighted by Gasteiger charge is -2.28. The first kappa shape index (κ1) is 15.1. The Hall–Kier alpha value is -1.79. The number of rotatable bonds is 5. The molecule has 0 amide bonds. The van der Waals surface area contributed by atoms with E-state index in [0.717, 1.165) is 48.8 Å². The summed E-state index contributed by atoms with van der Waals surface area (Å²) in [5.74, 6) is 1.71. The number of hydrogen-bond donors (Lipinski definition) is 0. The number of para-hydroxylation sites is 1. The molecule has 0 unspecified atom stereocenters. The van der Waals surface area contributed by atoms with Crippen molar-refractivity contribution in [2.24, 2.45) is 0 Å². The molecule has 6 heteroatoms. The first-order chi connectivity index (χ1) is 10.8. The lowest BCUT2D eigenvalue weighted by Crippen LogP contribution is -2.38. The molecule has 3 rings (SSSR count). The number of nitrogens with zero attached hydrogens (tertiary/aromatic N) is 4. The van der Waals surface area contributed by atoms with E-state index in [9.17, 15) is 0 Å². The number of benzene rings is 1. The molecule has 0 saturated carbocycles. The third-order valence-electron chi connectivity index (χ3n) is 3.60. The zero-order valence-electron chi connectivity index (χ0n) is 12.7. The van der Waals surface area contributed by atoms with Gasteiger partial charge in [0.1, 0.15) is 0 Å². The summed E-state index contributed by atoms with van der Waals surface area (Å²) in [6, 6.07) is 8.32. The number of anilines is 1. The van der Waals surface area contributed by atoms with Gasteiger partial charge in [-0.25, -0.2) is 0 Å². The third-order valence-corrected chi connectivity index (χ3v) is 4.52. The SMILES string of the molecule is C=CCSc1nnc(N2CCOCC2)n1-c1ccccc1C. The molecule has 2 heterocycles. The maximum absolute atomic E-state index is 5.44. The number of thioether (sulfide) groups is 1. The van der Waals surface area contributed by atoms with Gasteiger partial charge in [-0.1, -0.05) is 36.0 Å². The number of aryl methyl sites for hydroxylation is 1. The van der Waals surface area contributed by atoms with Crippen molar-refractivity contribution in [2.45, 2.75) is 12.1 Å². The largest absolute Gasteiger partial charge is 0.378 e. The van der Waals surface area contributed by atoms with Crippen LogP contribution in [0, 0.1) is 6.92 Å². The lowest BCUT2D eigenvalue weighted by molar-refractivity contribution is 0.122. The van der Waals surface area contributed by atoms with Crippen LogP contribution in [0.25, 0.3) is 5.69 Å². The summed E-state index contributed by atoms with van der Waals surface area (Å²) in [5, 5.41) is 9.73. The summed E-state index contributed by atoms with van der Waals surface area (Å²) in [7, 11) is 0. The van der Waals surface area contributed by atoms with Crippen LogP contribution in [0.4, 0.5) is 5.95 Å². The molecule has 5 nitrogen and oxygen atoms in total. The van der Waals surface area contributed by atoms with E-state index in [1.54, 1.807) is 11.8 Å². The number of hydrogen-bond acceptors (Lipinski definition) is 5. The van der Waals surface area contributed by atoms with Gasteiger partial charge in [0, 0.05) is 18.8 Å². The monoisotopic (exact) mass is 316 g/mol. The second-order valence-electron chi connectivity index (χ2n) is 5.10. The predicted octanol–water partition coefficient (Wildman–Crippen LogP) is 2.69. The highest BCUT2D eigenvalue weighted by molar-refractivity contribution is 7.99. The molecule has 1 aromatic carbocycles. The zero-order chi connectivity index (χ0) is 15.4. The number of aromatic nitrogens is 3. The minimum absolute atomic E-state index is 0.732. The van der Waals surface area contributed by atoms with Crippen LogP contribution in [0.5, 0.6) is 0 Å². The van der Waals surface area contributed by atoms with Crippen molar-refractivity contribution >= 4 is 17.7 Å². The molecule has 0 N–H and O–H groups in total. The molecule has 116 valence electrons. The van der Waals surface area contributed by atoms with Gasteiger partial charge in [0.2, 0.25) is 5.95 Å². The molecular formula is C16H20N4OS.